The number of rotatable bonds is 8. The molecule has 0 aromatic carbocycles. The van der Waals surface area contributed by atoms with Crippen molar-refractivity contribution >= 4 is 21.6 Å². The van der Waals surface area contributed by atoms with Crippen LogP contribution in [-0.4, -0.2) is 62.7 Å². The van der Waals surface area contributed by atoms with Crippen molar-refractivity contribution in [3.05, 3.63) is 17.7 Å². The van der Waals surface area contributed by atoms with Crippen LogP contribution in [-0.2, 0) is 19.5 Å². The van der Waals surface area contributed by atoms with Gasteiger partial charge in [-0.05, 0) is 18.5 Å². The molecule has 1 rings (SSSR count). The molecule has 0 aliphatic heterocycles. The van der Waals surface area contributed by atoms with Crippen LogP contribution in [0.5, 0.6) is 0 Å². The second-order valence-corrected chi connectivity index (χ2v) is 6.33. The summed E-state index contributed by atoms with van der Waals surface area (Å²) in [5, 5.41) is -0.00247. The van der Waals surface area contributed by atoms with E-state index in [1.54, 1.807) is 6.92 Å². The quantitative estimate of drug-likeness (QED) is 0.658. The maximum Gasteiger partial charge on any atom is 0.246 e. The summed E-state index contributed by atoms with van der Waals surface area (Å²) in [6, 6.07) is -0.337. The molecule has 1 aromatic heterocycles. The van der Waals surface area contributed by atoms with E-state index < -0.39 is 10.0 Å². The number of hydrogen-bond acceptors (Lipinski definition) is 6. The molecule has 1 aromatic rings. The van der Waals surface area contributed by atoms with Crippen LogP contribution < -0.4 is 0 Å². The summed E-state index contributed by atoms with van der Waals surface area (Å²) >= 11 is 5.57. The summed E-state index contributed by atoms with van der Waals surface area (Å²) in [6.45, 7) is 2.53. The number of sulfonamides is 1. The third kappa shape index (κ3) is 4.35. The maximum absolute atomic E-state index is 12.6. The normalized spacial score (nSPS) is 13.7. The number of ether oxygens (including phenoxy) is 2. The van der Waals surface area contributed by atoms with E-state index >= 15 is 0 Å². The largest absolute Gasteiger partial charge is 0.383 e. The van der Waals surface area contributed by atoms with Crippen LogP contribution in [0.15, 0.2) is 17.3 Å². The van der Waals surface area contributed by atoms with Gasteiger partial charge in [-0.3, -0.25) is 0 Å². The second kappa shape index (κ2) is 7.84. The lowest BCUT2D eigenvalue weighted by atomic mass is 10.3. The summed E-state index contributed by atoms with van der Waals surface area (Å²) in [5.74, 6) is 0. The van der Waals surface area contributed by atoms with Crippen molar-refractivity contribution in [3.8, 4) is 0 Å². The first-order valence-corrected chi connectivity index (χ1v) is 7.72. The Kier molecular flexibility index (Phi) is 6.77. The van der Waals surface area contributed by atoms with Gasteiger partial charge in [0.2, 0.25) is 15.3 Å². The molecule has 1 unspecified atom stereocenters. The average molecular weight is 324 g/mol. The third-order valence-electron chi connectivity index (χ3n) is 2.62. The number of nitrogens with zero attached hydrogens (tertiary/aromatic N) is 3. The first kappa shape index (κ1) is 17.3. The molecule has 0 N–H and O–H groups in total. The summed E-state index contributed by atoms with van der Waals surface area (Å²) in [6.07, 6.45) is 2.37. The Bertz CT molecular complexity index is 509. The van der Waals surface area contributed by atoms with Crippen molar-refractivity contribution in [2.75, 3.05) is 34.0 Å². The molecule has 0 bridgehead atoms. The van der Waals surface area contributed by atoms with Crippen molar-refractivity contribution in [1.82, 2.24) is 14.3 Å². The van der Waals surface area contributed by atoms with Gasteiger partial charge in [-0.25, -0.2) is 18.4 Å². The summed E-state index contributed by atoms with van der Waals surface area (Å²) in [4.78, 5) is 7.39. The maximum atomic E-state index is 12.6. The Morgan fingerprint density at radius 2 is 1.90 bits per heavy atom. The van der Waals surface area contributed by atoms with E-state index in [1.807, 2.05) is 0 Å². The smallest absolute Gasteiger partial charge is 0.246 e. The topological polar surface area (TPSA) is 81.6 Å². The van der Waals surface area contributed by atoms with Crippen LogP contribution in [0.4, 0.5) is 0 Å². The Balaban J connectivity index is 3.06. The first-order valence-electron chi connectivity index (χ1n) is 5.90. The highest BCUT2D eigenvalue weighted by Crippen LogP contribution is 2.17. The molecule has 114 valence electrons. The molecule has 0 saturated heterocycles. The molecule has 7 nitrogen and oxygen atoms in total. The van der Waals surface area contributed by atoms with Crippen LogP contribution in [0.1, 0.15) is 6.92 Å². The Morgan fingerprint density at radius 3 is 2.40 bits per heavy atom. The predicted octanol–water partition coefficient (Wildman–Crippen LogP) is 0.802. The van der Waals surface area contributed by atoms with E-state index in [2.05, 4.69) is 9.97 Å². The SMILES string of the molecule is COCCN(C(C)COC)S(=O)(=O)c1cnc(Cl)nc1. The molecule has 20 heavy (non-hydrogen) atoms. The lowest BCUT2D eigenvalue weighted by molar-refractivity contribution is 0.119. The fourth-order valence-electron chi connectivity index (χ4n) is 1.65. The van der Waals surface area contributed by atoms with E-state index in [0.29, 0.717) is 0 Å². The van der Waals surface area contributed by atoms with Crippen molar-refractivity contribution < 1.29 is 17.9 Å². The Hall–Kier alpha value is -0.800. The van der Waals surface area contributed by atoms with Crippen molar-refractivity contribution in [2.45, 2.75) is 17.9 Å². The molecule has 0 aliphatic carbocycles. The van der Waals surface area contributed by atoms with Gasteiger partial charge in [0.25, 0.3) is 0 Å². The van der Waals surface area contributed by atoms with E-state index in [9.17, 15) is 8.42 Å². The van der Waals surface area contributed by atoms with Crippen molar-refractivity contribution in [2.24, 2.45) is 0 Å². The number of hydrogen-bond donors (Lipinski definition) is 0. The minimum atomic E-state index is -3.72. The minimum absolute atomic E-state index is 0.00247. The van der Waals surface area contributed by atoms with Crippen LogP contribution in [0.3, 0.4) is 0 Å². The molecule has 1 atom stereocenters. The Morgan fingerprint density at radius 1 is 1.30 bits per heavy atom. The van der Waals surface area contributed by atoms with E-state index in [-0.39, 0.29) is 36.0 Å². The van der Waals surface area contributed by atoms with E-state index in [4.69, 9.17) is 21.1 Å². The standard InChI is InChI=1S/C11H18ClN3O4S/c1-9(8-19-3)15(4-5-18-2)20(16,17)10-6-13-11(12)14-7-10/h6-7,9H,4-5,8H2,1-3H3. The van der Waals surface area contributed by atoms with Crippen LogP contribution in [0.2, 0.25) is 5.28 Å². The van der Waals surface area contributed by atoms with Gasteiger partial charge in [0.1, 0.15) is 4.90 Å². The molecule has 0 aliphatic rings. The fourth-order valence-corrected chi connectivity index (χ4v) is 3.24. The number of aromatic nitrogens is 2. The van der Waals surface area contributed by atoms with Crippen LogP contribution in [0.25, 0.3) is 0 Å². The molecule has 0 radical (unpaired) electrons. The predicted molar refractivity (Wildman–Crippen MR) is 74.1 cm³/mol. The highest BCUT2D eigenvalue weighted by Gasteiger charge is 2.29. The average Bonchev–Trinajstić information content (AvgIpc) is 2.39. The van der Waals surface area contributed by atoms with Gasteiger partial charge in [0.15, 0.2) is 0 Å². The molecular formula is C11H18ClN3O4S. The third-order valence-corrected chi connectivity index (χ3v) is 4.78. The fraction of sp³-hybridized carbons (Fsp3) is 0.636. The summed E-state index contributed by atoms with van der Waals surface area (Å²) in [7, 11) is -0.694. The molecule has 1 heterocycles. The zero-order chi connectivity index (χ0) is 15.2. The summed E-state index contributed by atoms with van der Waals surface area (Å²) < 4.78 is 36.4. The molecule has 0 fully saturated rings. The number of methoxy groups -OCH3 is 2. The Labute approximate surface area is 123 Å². The molecule has 0 amide bonds. The van der Waals surface area contributed by atoms with Gasteiger partial charge in [-0.1, -0.05) is 0 Å². The van der Waals surface area contributed by atoms with Gasteiger partial charge >= 0.3 is 0 Å². The van der Waals surface area contributed by atoms with Crippen LogP contribution >= 0.6 is 11.6 Å². The van der Waals surface area contributed by atoms with Gasteiger partial charge in [-0.15, -0.1) is 0 Å². The first-order chi connectivity index (χ1) is 9.43. The minimum Gasteiger partial charge on any atom is -0.383 e. The lowest BCUT2D eigenvalue weighted by Crippen LogP contribution is -2.43. The van der Waals surface area contributed by atoms with Gasteiger partial charge in [-0.2, -0.15) is 4.31 Å². The van der Waals surface area contributed by atoms with Gasteiger partial charge in [0, 0.05) is 26.8 Å². The second-order valence-electron chi connectivity index (χ2n) is 4.10. The van der Waals surface area contributed by atoms with E-state index in [1.165, 1.54) is 30.9 Å². The van der Waals surface area contributed by atoms with Crippen molar-refractivity contribution in [3.63, 3.8) is 0 Å². The summed E-state index contributed by atoms with van der Waals surface area (Å²) in [5.41, 5.74) is 0. The van der Waals surface area contributed by atoms with Gasteiger partial charge in [0.05, 0.1) is 25.6 Å². The molecule has 9 heteroatoms. The monoisotopic (exact) mass is 323 g/mol. The molecular weight excluding hydrogens is 306 g/mol. The highest BCUT2D eigenvalue weighted by atomic mass is 35.5. The van der Waals surface area contributed by atoms with E-state index in [0.717, 1.165) is 0 Å². The lowest BCUT2D eigenvalue weighted by Gasteiger charge is -2.27. The zero-order valence-electron chi connectivity index (χ0n) is 11.6. The van der Waals surface area contributed by atoms with Crippen LogP contribution in [0, 0.1) is 0 Å². The zero-order valence-corrected chi connectivity index (χ0v) is 13.2. The molecule has 0 spiro atoms. The highest BCUT2D eigenvalue weighted by molar-refractivity contribution is 7.89. The van der Waals surface area contributed by atoms with Crippen molar-refractivity contribution in [1.29, 1.82) is 0 Å². The molecule has 0 saturated carbocycles. The number of halogens is 1. The van der Waals surface area contributed by atoms with Gasteiger partial charge < -0.3 is 9.47 Å².